The van der Waals surface area contributed by atoms with Gasteiger partial charge in [0.2, 0.25) is 0 Å². The fourth-order valence-electron chi connectivity index (χ4n) is 6.64. The van der Waals surface area contributed by atoms with Gasteiger partial charge in [-0.25, -0.2) is 0 Å². The third-order valence-corrected chi connectivity index (χ3v) is 18.8. The zero-order chi connectivity index (χ0) is 31.7. The van der Waals surface area contributed by atoms with Gasteiger partial charge in [-0.15, -0.1) is 0 Å². The highest BCUT2D eigenvalue weighted by Crippen LogP contribution is 2.38. The first-order chi connectivity index (χ1) is 21.0. The van der Waals surface area contributed by atoms with E-state index in [1.807, 2.05) is 0 Å². The number of hydrogen-bond acceptors (Lipinski definition) is 3. The van der Waals surface area contributed by atoms with E-state index >= 15 is 0 Å². The molecular formula is C39H50O3Si2. The third-order valence-electron chi connectivity index (χ3n) is 8.67. The quantitative estimate of drug-likeness (QED) is 0.110. The van der Waals surface area contributed by atoms with Gasteiger partial charge in [0.1, 0.15) is 5.78 Å². The summed E-state index contributed by atoms with van der Waals surface area (Å²) in [6.07, 6.45) is 2.49. The Balaban J connectivity index is 1.39. The van der Waals surface area contributed by atoms with E-state index < -0.39 is 16.6 Å². The van der Waals surface area contributed by atoms with Gasteiger partial charge in [0.15, 0.2) is 0 Å². The minimum atomic E-state index is -2.58. The van der Waals surface area contributed by atoms with Crippen LogP contribution in [0.25, 0.3) is 0 Å². The number of carbonyl (C=O) groups is 1. The molecule has 0 saturated heterocycles. The molecule has 232 valence electrons. The van der Waals surface area contributed by atoms with E-state index in [0.717, 1.165) is 12.8 Å². The van der Waals surface area contributed by atoms with Crippen LogP contribution in [0.3, 0.4) is 0 Å². The lowest BCUT2D eigenvalue weighted by Gasteiger charge is -2.43. The number of carbonyl (C=O) groups excluding carboxylic acids is 1. The van der Waals surface area contributed by atoms with Crippen molar-refractivity contribution in [1.82, 2.24) is 0 Å². The molecule has 0 atom stereocenters. The second-order valence-corrected chi connectivity index (χ2v) is 22.4. The average Bonchev–Trinajstić information content (AvgIpc) is 3.02. The maximum Gasteiger partial charge on any atom is 0.261 e. The molecule has 0 aliphatic heterocycles. The Labute approximate surface area is 267 Å². The molecule has 0 saturated carbocycles. The highest BCUT2D eigenvalue weighted by Gasteiger charge is 2.51. The molecule has 0 aliphatic carbocycles. The zero-order valence-electron chi connectivity index (χ0n) is 27.5. The molecule has 4 aromatic carbocycles. The van der Waals surface area contributed by atoms with E-state index in [4.69, 9.17) is 8.85 Å². The highest BCUT2D eigenvalue weighted by atomic mass is 28.4. The highest BCUT2D eigenvalue weighted by molar-refractivity contribution is 7.00. The van der Waals surface area contributed by atoms with Crippen LogP contribution in [0.2, 0.25) is 10.1 Å². The molecule has 0 spiro atoms. The monoisotopic (exact) mass is 622 g/mol. The summed E-state index contributed by atoms with van der Waals surface area (Å²) in [5.41, 5.74) is 0. The van der Waals surface area contributed by atoms with Gasteiger partial charge in [0, 0.05) is 26.1 Å². The number of benzene rings is 4. The fraction of sp³-hybridized carbons (Fsp3) is 0.359. The molecule has 0 heterocycles. The first-order valence-electron chi connectivity index (χ1n) is 16.0. The second kappa shape index (κ2) is 14.8. The smallest absolute Gasteiger partial charge is 0.261 e. The summed E-state index contributed by atoms with van der Waals surface area (Å²) in [6.45, 7) is 14.9. The van der Waals surface area contributed by atoms with E-state index in [-0.39, 0.29) is 15.9 Å². The van der Waals surface area contributed by atoms with Crippen molar-refractivity contribution in [1.29, 1.82) is 0 Å². The Morgan fingerprint density at radius 2 is 0.727 bits per heavy atom. The lowest BCUT2D eigenvalue weighted by Crippen LogP contribution is -2.66. The van der Waals surface area contributed by atoms with Crippen LogP contribution in [-0.4, -0.2) is 35.6 Å². The fourth-order valence-corrected chi connectivity index (χ4v) is 15.8. The molecule has 4 aromatic rings. The minimum absolute atomic E-state index is 0.0714. The summed E-state index contributed by atoms with van der Waals surface area (Å²) < 4.78 is 14.0. The molecule has 0 N–H and O–H groups in total. The molecular weight excluding hydrogens is 573 g/mol. The first kappa shape index (κ1) is 33.8. The standard InChI is InChI=1S/C39H50O3Si2/c1-38(2,3)43(34-23-11-7-12-24-34,35-25-13-8-14-26-35)41-31-19-21-33(40)22-20-32-42-44(39(4,5)6,36-27-15-9-16-28-36)37-29-17-10-18-30-37/h7-18,23-30H,19-22,31-32H2,1-6H3. The van der Waals surface area contributed by atoms with Crippen molar-refractivity contribution in [2.24, 2.45) is 0 Å². The molecule has 0 amide bonds. The molecule has 0 aliphatic rings. The summed E-state index contributed by atoms with van der Waals surface area (Å²) in [5, 5.41) is 4.93. The predicted octanol–water partition coefficient (Wildman–Crippen LogP) is 7.27. The lowest BCUT2D eigenvalue weighted by molar-refractivity contribution is -0.119. The summed E-state index contributed by atoms with van der Waals surface area (Å²) >= 11 is 0. The van der Waals surface area contributed by atoms with Gasteiger partial charge in [0.25, 0.3) is 16.6 Å². The Bertz CT molecular complexity index is 1240. The van der Waals surface area contributed by atoms with E-state index in [1.54, 1.807) is 0 Å². The summed E-state index contributed by atoms with van der Waals surface area (Å²) in [5.74, 6) is 0.280. The number of rotatable bonds is 14. The molecule has 0 fully saturated rings. The van der Waals surface area contributed by atoms with Crippen molar-refractivity contribution in [3.8, 4) is 0 Å². The average molecular weight is 623 g/mol. The summed E-state index contributed by atoms with van der Waals surface area (Å²) in [6, 6.07) is 42.8. The first-order valence-corrected chi connectivity index (χ1v) is 19.9. The van der Waals surface area contributed by atoms with Crippen molar-refractivity contribution in [3.05, 3.63) is 121 Å². The largest absolute Gasteiger partial charge is 0.407 e. The Hall–Kier alpha value is -3.10. The zero-order valence-corrected chi connectivity index (χ0v) is 29.5. The van der Waals surface area contributed by atoms with Crippen molar-refractivity contribution >= 4 is 43.2 Å². The van der Waals surface area contributed by atoms with E-state index in [2.05, 4.69) is 163 Å². The van der Waals surface area contributed by atoms with Crippen LogP contribution in [0.5, 0.6) is 0 Å². The second-order valence-electron chi connectivity index (χ2n) is 13.8. The molecule has 5 heteroatoms. The maximum absolute atomic E-state index is 13.1. The van der Waals surface area contributed by atoms with Gasteiger partial charge < -0.3 is 8.85 Å². The van der Waals surface area contributed by atoms with Gasteiger partial charge in [-0.05, 0) is 43.7 Å². The van der Waals surface area contributed by atoms with E-state index in [1.165, 1.54) is 20.7 Å². The molecule has 44 heavy (non-hydrogen) atoms. The van der Waals surface area contributed by atoms with Crippen molar-refractivity contribution in [2.75, 3.05) is 13.2 Å². The van der Waals surface area contributed by atoms with Gasteiger partial charge in [-0.2, -0.15) is 0 Å². The summed E-state index contributed by atoms with van der Waals surface area (Å²) in [4.78, 5) is 13.1. The Kier molecular flexibility index (Phi) is 11.4. The lowest BCUT2D eigenvalue weighted by atomic mass is 10.1. The van der Waals surface area contributed by atoms with Crippen molar-refractivity contribution in [3.63, 3.8) is 0 Å². The van der Waals surface area contributed by atoms with Crippen LogP contribution in [0, 0.1) is 0 Å². The topological polar surface area (TPSA) is 35.5 Å². The van der Waals surface area contributed by atoms with Crippen LogP contribution in [0.4, 0.5) is 0 Å². The van der Waals surface area contributed by atoms with Crippen LogP contribution in [0.15, 0.2) is 121 Å². The molecule has 0 bridgehead atoms. The van der Waals surface area contributed by atoms with Gasteiger partial charge >= 0.3 is 0 Å². The van der Waals surface area contributed by atoms with Crippen LogP contribution < -0.4 is 20.7 Å². The number of hydrogen-bond donors (Lipinski definition) is 0. The molecule has 0 unspecified atom stereocenters. The number of ketones is 1. The number of Topliss-reactive ketones (excluding diaryl/α,β-unsaturated/α-hetero) is 1. The van der Waals surface area contributed by atoms with Crippen molar-refractivity contribution < 1.29 is 13.6 Å². The van der Waals surface area contributed by atoms with Gasteiger partial charge in [0.05, 0.1) is 0 Å². The SMILES string of the molecule is CC(C)(C)[Si](OCCCC(=O)CCCO[Si](c1ccccc1)(c1ccccc1)C(C)(C)C)(c1ccccc1)c1ccccc1. The van der Waals surface area contributed by atoms with Crippen LogP contribution >= 0.6 is 0 Å². The van der Waals surface area contributed by atoms with Crippen LogP contribution in [0.1, 0.15) is 67.2 Å². The summed E-state index contributed by atoms with van der Waals surface area (Å²) in [7, 11) is -5.17. The normalized spacial score (nSPS) is 12.7. The molecule has 0 aromatic heterocycles. The Morgan fingerprint density at radius 3 is 0.955 bits per heavy atom. The van der Waals surface area contributed by atoms with Gasteiger partial charge in [-0.1, -0.05) is 163 Å². The van der Waals surface area contributed by atoms with E-state index in [0.29, 0.717) is 26.1 Å². The third kappa shape index (κ3) is 7.40. The molecule has 4 rings (SSSR count). The molecule has 0 radical (unpaired) electrons. The minimum Gasteiger partial charge on any atom is -0.407 e. The van der Waals surface area contributed by atoms with Crippen molar-refractivity contribution in [2.45, 2.75) is 77.3 Å². The van der Waals surface area contributed by atoms with Crippen LogP contribution in [-0.2, 0) is 13.6 Å². The molecule has 3 nitrogen and oxygen atoms in total. The predicted molar refractivity (Wildman–Crippen MR) is 191 cm³/mol. The maximum atomic E-state index is 13.1. The van der Waals surface area contributed by atoms with E-state index in [9.17, 15) is 4.79 Å². The van der Waals surface area contributed by atoms with Gasteiger partial charge in [-0.3, -0.25) is 4.79 Å². The Morgan fingerprint density at radius 1 is 0.477 bits per heavy atom.